The van der Waals surface area contributed by atoms with Crippen LogP contribution in [0, 0.1) is 5.41 Å². The predicted molar refractivity (Wildman–Crippen MR) is 54.5 cm³/mol. The van der Waals surface area contributed by atoms with Gasteiger partial charge in [0, 0.05) is 17.4 Å². The molecule has 13 heavy (non-hydrogen) atoms. The van der Waals surface area contributed by atoms with E-state index in [1.165, 1.54) is 0 Å². The Hall–Kier alpha value is -0.530. The number of carbonyl (C=O) groups is 1. The van der Waals surface area contributed by atoms with Crippen LogP contribution in [0.15, 0.2) is 0 Å². The van der Waals surface area contributed by atoms with E-state index in [-0.39, 0.29) is 16.9 Å². The normalized spacial score (nSPS) is 31.8. The smallest absolute Gasteiger partial charge is 0.221 e. The van der Waals surface area contributed by atoms with Crippen molar-refractivity contribution in [2.75, 3.05) is 0 Å². The van der Waals surface area contributed by atoms with Crippen LogP contribution >= 0.6 is 0 Å². The minimum Gasteiger partial charge on any atom is -0.351 e. The minimum atomic E-state index is -0.0190. The van der Waals surface area contributed by atoms with E-state index in [0.717, 1.165) is 19.3 Å². The summed E-state index contributed by atoms with van der Waals surface area (Å²) in [6, 6.07) is 0. The fraction of sp³-hybridized carbons (Fsp3) is 0.909. The summed E-state index contributed by atoms with van der Waals surface area (Å²) in [5.74, 6) is 0.223. The lowest BCUT2D eigenvalue weighted by molar-refractivity contribution is -0.120. The van der Waals surface area contributed by atoms with E-state index in [2.05, 4.69) is 33.0 Å². The maximum Gasteiger partial charge on any atom is 0.221 e. The lowest BCUT2D eigenvalue weighted by atomic mass is 9.67. The van der Waals surface area contributed by atoms with Crippen molar-refractivity contribution in [1.29, 1.82) is 0 Å². The SMILES string of the molecule is CCCC1(CC)CC(=O)NC1(C)C. The van der Waals surface area contributed by atoms with Crippen molar-refractivity contribution in [2.24, 2.45) is 5.41 Å². The molecule has 0 aromatic rings. The molecule has 1 fully saturated rings. The topological polar surface area (TPSA) is 29.1 Å². The molecule has 1 heterocycles. The molecule has 1 aliphatic heterocycles. The molecule has 0 radical (unpaired) electrons. The molecule has 0 aromatic carbocycles. The highest BCUT2D eigenvalue weighted by Gasteiger charge is 2.50. The van der Waals surface area contributed by atoms with Gasteiger partial charge >= 0.3 is 0 Å². The summed E-state index contributed by atoms with van der Waals surface area (Å²) >= 11 is 0. The summed E-state index contributed by atoms with van der Waals surface area (Å²) in [4.78, 5) is 11.4. The summed E-state index contributed by atoms with van der Waals surface area (Å²) < 4.78 is 0. The lowest BCUT2D eigenvalue weighted by Crippen LogP contribution is -2.46. The van der Waals surface area contributed by atoms with Crippen molar-refractivity contribution in [1.82, 2.24) is 5.32 Å². The molecule has 2 nitrogen and oxygen atoms in total. The number of amides is 1. The Kier molecular flexibility index (Phi) is 2.69. The molecule has 0 spiro atoms. The van der Waals surface area contributed by atoms with Crippen molar-refractivity contribution in [3.63, 3.8) is 0 Å². The Morgan fingerprint density at radius 3 is 2.31 bits per heavy atom. The number of nitrogens with one attached hydrogen (secondary N) is 1. The quantitative estimate of drug-likeness (QED) is 0.715. The molecule has 0 bridgehead atoms. The van der Waals surface area contributed by atoms with Gasteiger partial charge in [0.05, 0.1) is 0 Å². The van der Waals surface area contributed by atoms with Crippen molar-refractivity contribution in [3.05, 3.63) is 0 Å². The summed E-state index contributed by atoms with van der Waals surface area (Å²) in [5.41, 5.74) is 0.174. The number of hydrogen-bond donors (Lipinski definition) is 1. The first-order valence-corrected chi connectivity index (χ1v) is 5.28. The molecule has 0 aromatic heterocycles. The van der Waals surface area contributed by atoms with Crippen LogP contribution in [0.5, 0.6) is 0 Å². The monoisotopic (exact) mass is 183 g/mol. The molecule has 2 heteroatoms. The highest BCUT2D eigenvalue weighted by molar-refractivity contribution is 5.80. The van der Waals surface area contributed by atoms with Crippen molar-refractivity contribution in [3.8, 4) is 0 Å². The van der Waals surface area contributed by atoms with E-state index in [1.54, 1.807) is 0 Å². The molecule has 1 N–H and O–H groups in total. The average Bonchev–Trinajstić information content (AvgIpc) is 2.22. The summed E-state index contributed by atoms with van der Waals surface area (Å²) in [6.07, 6.45) is 4.11. The molecular formula is C11H21NO. The first kappa shape index (κ1) is 10.6. The molecule has 0 aliphatic carbocycles. The third-order valence-corrected chi connectivity index (χ3v) is 3.68. The highest BCUT2D eigenvalue weighted by atomic mass is 16.2. The van der Waals surface area contributed by atoms with Gasteiger partial charge in [-0.1, -0.05) is 20.3 Å². The maximum atomic E-state index is 11.4. The Bertz CT molecular complexity index is 210. The Balaban J connectivity index is 2.90. The van der Waals surface area contributed by atoms with E-state index in [0.29, 0.717) is 6.42 Å². The average molecular weight is 183 g/mol. The van der Waals surface area contributed by atoms with E-state index in [1.807, 2.05) is 0 Å². The Labute approximate surface area is 81.1 Å². The number of rotatable bonds is 3. The standard InChI is InChI=1S/C11H21NO/c1-5-7-11(6-2)8-9(13)12-10(11,3)4/h5-8H2,1-4H3,(H,12,13). The van der Waals surface area contributed by atoms with Crippen LogP contribution in [0.25, 0.3) is 0 Å². The zero-order chi connectivity index (χ0) is 10.1. The fourth-order valence-corrected chi connectivity index (χ4v) is 2.68. The lowest BCUT2D eigenvalue weighted by Gasteiger charge is -2.39. The van der Waals surface area contributed by atoms with Gasteiger partial charge in [-0.15, -0.1) is 0 Å². The second-order valence-electron chi connectivity index (χ2n) is 4.73. The molecule has 1 rings (SSSR count). The van der Waals surface area contributed by atoms with Crippen molar-refractivity contribution >= 4 is 5.91 Å². The van der Waals surface area contributed by atoms with Crippen LogP contribution < -0.4 is 5.32 Å². The Morgan fingerprint density at radius 2 is 2.00 bits per heavy atom. The van der Waals surface area contributed by atoms with Crippen LogP contribution in [0.4, 0.5) is 0 Å². The summed E-state index contributed by atoms with van der Waals surface area (Å²) in [7, 11) is 0. The van der Waals surface area contributed by atoms with Gasteiger partial charge in [-0.3, -0.25) is 4.79 Å². The molecule has 1 aliphatic rings. The molecule has 1 saturated heterocycles. The van der Waals surface area contributed by atoms with Crippen LogP contribution in [-0.2, 0) is 4.79 Å². The van der Waals surface area contributed by atoms with Crippen LogP contribution in [-0.4, -0.2) is 11.4 Å². The van der Waals surface area contributed by atoms with Crippen LogP contribution in [0.3, 0.4) is 0 Å². The van der Waals surface area contributed by atoms with Gasteiger partial charge in [0.1, 0.15) is 0 Å². The first-order valence-electron chi connectivity index (χ1n) is 5.28. The maximum absolute atomic E-state index is 11.4. The van der Waals surface area contributed by atoms with E-state index in [9.17, 15) is 4.79 Å². The van der Waals surface area contributed by atoms with Crippen LogP contribution in [0.2, 0.25) is 0 Å². The van der Waals surface area contributed by atoms with Crippen molar-refractivity contribution in [2.45, 2.75) is 58.9 Å². The molecule has 1 amide bonds. The van der Waals surface area contributed by atoms with Crippen LogP contribution in [0.1, 0.15) is 53.4 Å². The second-order valence-corrected chi connectivity index (χ2v) is 4.73. The van der Waals surface area contributed by atoms with Gasteiger partial charge < -0.3 is 5.32 Å². The minimum absolute atomic E-state index is 0.0190. The number of carbonyl (C=O) groups excluding carboxylic acids is 1. The first-order chi connectivity index (χ1) is 5.97. The summed E-state index contributed by atoms with van der Waals surface area (Å²) in [6.45, 7) is 8.68. The third-order valence-electron chi connectivity index (χ3n) is 3.68. The van der Waals surface area contributed by atoms with E-state index in [4.69, 9.17) is 0 Å². The van der Waals surface area contributed by atoms with Gasteiger partial charge in [0.2, 0.25) is 5.91 Å². The van der Waals surface area contributed by atoms with E-state index >= 15 is 0 Å². The molecule has 0 saturated carbocycles. The van der Waals surface area contributed by atoms with Gasteiger partial charge in [-0.05, 0) is 26.7 Å². The van der Waals surface area contributed by atoms with Gasteiger partial charge in [0.15, 0.2) is 0 Å². The Morgan fingerprint density at radius 1 is 1.38 bits per heavy atom. The zero-order valence-electron chi connectivity index (χ0n) is 9.24. The van der Waals surface area contributed by atoms with Crippen molar-refractivity contribution < 1.29 is 4.79 Å². The van der Waals surface area contributed by atoms with Gasteiger partial charge in [-0.2, -0.15) is 0 Å². The molecular weight excluding hydrogens is 162 g/mol. The fourth-order valence-electron chi connectivity index (χ4n) is 2.68. The molecule has 76 valence electrons. The number of hydrogen-bond acceptors (Lipinski definition) is 1. The van der Waals surface area contributed by atoms with Gasteiger partial charge in [-0.25, -0.2) is 0 Å². The van der Waals surface area contributed by atoms with Gasteiger partial charge in [0.25, 0.3) is 0 Å². The molecule has 1 atom stereocenters. The molecule has 1 unspecified atom stereocenters. The van der Waals surface area contributed by atoms with E-state index < -0.39 is 0 Å². The zero-order valence-corrected chi connectivity index (χ0v) is 9.24. The highest BCUT2D eigenvalue weighted by Crippen LogP contribution is 2.46. The largest absolute Gasteiger partial charge is 0.351 e. The summed E-state index contributed by atoms with van der Waals surface area (Å²) in [5, 5.41) is 3.08. The second kappa shape index (κ2) is 3.32. The predicted octanol–water partition coefficient (Wildman–Crippen LogP) is 2.48. The third kappa shape index (κ3) is 1.59.